The molecular weight excluding hydrogens is 443 g/mol. The SMILES string of the molecule is O=CN(O)C[C@H](CC1CCCC1)C(=O)NNc1nc(Cl)nc(N2CC(O)(C3CC3)C2)c1F. The van der Waals surface area contributed by atoms with Crippen molar-refractivity contribution in [1.29, 1.82) is 0 Å². The first kappa shape index (κ1) is 22.9. The first-order valence-corrected chi connectivity index (χ1v) is 11.3. The lowest BCUT2D eigenvalue weighted by Crippen LogP contribution is -2.63. The topological polar surface area (TPSA) is 131 Å². The molecule has 0 bridgehead atoms. The van der Waals surface area contributed by atoms with E-state index in [-0.39, 0.29) is 48.9 Å². The number of hydrazine groups is 1. The molecule has 0 spiro atoms. The smallest absolute Gasteiger partial charge is 0.243 e. The summed E-state index contributed by atoms with van der Waals surface area (Å²) >= 11 is 5.96. The van der Waals surface area contributed by atoms with Crippen LogP contribution >= 0.6 is 11.6 Å². The predicted octanol–water partition coefficient (Wildman–Crippen LogP) is 1.72. The summed E-state index contributed by atoms with van der Waals surface area (Å²) < 4.78 is 15.0. The zero-order chi connectivity index (χ0) is 22.9. The van der Waals surface area contributed by atoms with Crippen molar-refractivity contribution in [3.63, 3.8) is 0 Å². The first-order valence-electron chi connectivity index (χ1n) is 11.0. The molecule has 1 aliphatic heterocycles. The summed E-state index contributed by atoms with van der Waals surface area (Å²) in [7, 11) is 0. The number of carbonyl (C=O) groups excluding carboxylic acids is 2. The van der Waals surface area contributed by atoms with Crippen LogP contribution in [0.25, 0.3) is 0 Å². The van der Waals surface area contributed by atoms with Crippen LogP contribution in [0.5, 0.6) is 0 Å². The lowest BCUT2D eigenvalue weighted by molar-refractivity contribution is -0.154. The Morgan fingerprint density at radius 3 is 2.62 bits per heavy atom. The molecule has 12 heteroatoms. The van der Waals surface area contributed by atoms with Crippen molar-refractivity contribution in [3.8, 4) is 0 Å². The molecule has 0 radical (unpaired) electrons. The number of nitrogens with zero attached hydrogens (tertiary/aromatic N) is 4. The van der Waals surface area contributed by atoms with Crippen molar-refractivity contribution >= 4 is 35.6 Å². The highest BCUT2D eigenvalue weighted by Crippen LogP contribution is 2.46. The van der Waals surface area contributed by atoms with E-state index in [1.807, 2.05) is 0 Å². The van der Waals surface area contributed by atoms with Crippen molar-refractivity contribution in [3.05, 3.63) is 11.1 Å². The Balaban J connectivity index is 1.40. The standard InChI is InChI=1S/C20H28ClFN6O4/c21-19-23-16(15(22)17(24-19)27-9-20(31,10-27)14-5-6-14)25-26-18(30)13(8-28(32)11-29)7-12-3-1-2-4-12/h11-14,31-32H,1-10H2,(H,26,30)(H,23,24,25)/t13-/m0/s1. The number of carbonyl (C=O) groups is 2. The van der Waals surface area contributed by atoms with E-state index >= 15 is 4.39 Å². The largest absolute Gasteiger partial charge is 0.386 e. The second kappa shape index (κ2) is 9.32. The van der Waals surface area contributed by atoms with Crippen LogP contribution < -0.4 is 15.8 Å². The number of hydrogen-bond donors (Lipinski definition) is 4. The van der Waals surface area contributed by atoms with Gasteiger partial charge in [-0.3, -0.25) is 25.6 Å². The minimum absolute atomic E-state index is 0.0444. The van der Waals surface area contributed by atoms with Crippen LogP contribution in [0.3, 0.4) is 0 Å². The highest BCUT2D eigenvalue weighted by molar-refractivity contribution is 6.28. The second-order valence-corrected chi connectivity index (χ2v) is 9.48. The van der Waals surface area contributed by atoms with Gasteiger partial charge in [-0.05, 0) is 42.7 Å². The maximum atomic E-state index is 15.0. The van der Waals surface area contributed by atoms with E-state index in [1.165, 1.54) is 0 Å². The molecule has 2 saturated carbocycles. The molecule has 4 N–H and O–H groups in total. The maximum Gasteiger partial charge on any atom is 0.243 e. The number of nitrogens with one attached hydrogen (secondary N) is 2. The van der Waals surface area contributed by atoms with E-state index in [0.29, 0.717) is 17.4 Å². The van der Waals surface area contributed by atoms with Gasteiger partial charge in [0.15, 0.2) is 11.6 Å². The molecule has 3 aliphatic rings. The molecule has 2 heterocycles. The summed E-state index contributed by atoms with van der Waals surface area (Å²) in [5.74, 6) is -1.74. The molecule has 1 atom stereocenters. The highest BCUT2D eigenvalue weighted by Gasteiger charge is 2.53. The van der Waals surface area contributed by atoms with Gasteiger partial charge in [0.2, 0.25) is 23.4 Å². The summed E-state index contributed by atoms with van der Waals surface area (Å²) in [5.41, 5.74) is 4.05. The van der Waals surface area contributed by atoms with E-state index in [4.69, 9.17) is 11.6 Å². The van der Waals surface area contributed by atoms with Crippen LogP contribution in [0.2, 0.25) is 5.28 Å². The summed E-state index contributed by atoms with van der Waals surface area (Å²) in [4.78, 5) is 32.9. The zero-order valence-electron chi connectivity index (χ0n) is 17.6. The van der Waals surface area contributed by atoms with E-state index < -0.39 is 23.2 Å². The zero-order valence-corrected chi connectivity index (χ0v) is 18.4. The second-order valence-electron chi connectivity index (χ2n) is 9.14. The van der Waals surface area contributed by atoms with Gasteiger partial charge in [0.05, 0.1) is 25.6 Å². The monoisotopic (exact) mass is 470 g/mol. The van der Waals surface area contributed by atoms with Gasteiger partial charge in [-0.15, -0.1) is 0 Å². The molecular formula is C20H28ClFN6O4. The third kappa shape index (κ3) is 5.05. The van der Waals surface area contributed by atoms with Gasteiger partial charge in [-0.2, -0.15) is 14.4 Å². The Morgan fingerprint density at radius 1 is 1.31 bits per heavy atom. The first-order chi connectivity index (χ1) is 15.3. The average molecular weight is 471 g/mol. The Morgan fingerprint density at radius 2 is 2.00 bits per heavy atom. The maximum absolute atomic E-state index is 15.0. The number of anilines is 2. The number of hydroxylamine groups is 2. The van der Waals surface area contributed by atoms with Crippen LogP contribution in [0.1, 0.15) is 44.9 Å². The molecule has 176 valence electrons. The molecule has 1 aromatic heterocycles. The van der Waals surface area contributed by atoms with E-state index in [0.717, 1.165) is 38.5 Å². The Kier molecular flexibility index (Phi) is 6.68. The molecule has 2 aliphatic carbocycles. The van der Waals surface area contributed by atoms with Crippen molar-refractivity contribution in [2.24, 2.45) is 17.8 Å². The normalized spacial score (nSPS) is 21.1. The predicted molar refractivity (Wildman–Crippen MR) is 113 cm³/mol. The number of aliphatic hydroxyl groups is 1. The minimum Gasteiger partial charge on any atom is -0.386 e. The Labute approximate surface area is 190 Å². The van der Waals surface area contributed by atoms with E-state index in [9.17, 15) is 19.9 Å². The number of amides is 2. The van der Waals surface area contributed by atoms with Gasteiger partial charge < -0.3 is 10.0 Å². The van der Waals surface area contributed by atoms with Gasteiger partial charge in [0, 0.05) is 0 Å². The van der Waals surface area contributed by atoms with Crippen LogP contribution in [-0.2, 0) is 9.59 Å². The number of halogens is 2. The van der Waals surface area contributed by atoms with Gasteiger partial charge >= 0.3 is 0 Å². The molecule has 4 rings (SSSR count). The van der Waals surface area contributed by atoms with Gasteiger partial charge in [-0.1, -0.05) is 25.7 Å². The molecule has 1 aromatic rings. The molecule has 0 aromatic carbocycles. The fourth-order valence-corrected chi connectivity index (χ4v) is 4.91. The molecule has 32 heavy (non-hydrogen) atoms. The summed E-state index contributed by atoms with van der Waals surface area (Å²) in [6.45, 7) is 0.351. The van der Waals surface area contributed by atoms with Crippen molar-refractivity contribution in [1.82, 2.24) is 20.5 Å². The molecule has 10 nitrogen and oxygen atoms in total. The van der Waals surface area contributed by atoms with E-state index in [1.54, 1.807) is 4.90 Å². The molecule has 3 fully saturated rings. The van der Waals surface area contributed by atoms with Crippen molar-refractivity contribution in [2.75, 3.05) is 30.0 Å². The number of hydrogen-bond acceptors (Lipinski definition) is 8. The third-order valence-corrected chi connectivity index (χ3v) is 6.84. The Bertz CT molecular complexity index is 861. The van der Waals surface area contributed by atoms with Crippen LogP contribution in [0, 0.1) is 23.6 Å². The lowest BCUT2D eigenvalue weighted by atomic mass is 9.89. The van der Waals surface area contributed by atoms with Crippen LogP contribution in [-0.4, -0.2) is 62.9 Å². The van der Waals surface area contributed by atoms with Gasteiger partial charge in [-0.25, -0.2) is 5.06 Å². The van der Waals surface area contributed by atoms with Crippen molar-refractivity contribution < 1.29 is 24.3 Å². The van der Waals surface area contributed by atoms with Crippen LogP contribution in [0.15, 0.2) is 0 Å². The summed E-state index contributed by atoms with van der Waals surface area (Å²) in [5, 5.41) is 20.3. The average Bonchev–Trinajstić information content (AvgIpc) is 3.48. The Hall–Kier alpha value is -2.24. The molecule has 2 amide bonds. The van der Waals surface area contributed by atoms with Crippen molar-refractivity contribution in [2.45, 2.75) is 50.5 Å². The highest BCUT2D eigenvalue weighted by atomic mass is 35.5. The fraction of sp³-hybridized carbons (Fsp3) is 0.700. The number of β-amino-alcohol motifs (C(OH)–C–C–N with tert-alkyl or cyclic N) is 1. The summed E-state index contributed by atoms with van der Waals surface area (Å²) in [6.07, 6.45) is 6.85. The molecule has 0 unspecified atom stereocenters. The van der Waals surface area contributed by atoms with Gasteiger partial charge in [0.25, 0.3) is 0 Å². The minimum atomic E-state index is -0.826. The van der Waals surface area contributed by atoms with Crippen LogP contribution in [0.4, 0.5) is 16.0 Å². The van der Waals surface area contributed by atoms with E-state index in [2.05, 4.69) is 20.8 Å². The number of rotatable bonds is 10. The third-order valence-electron chi connectivity index (χ3n) is 6.67. The fourth-order valence-electron chi connectivity index (χ4n) is 4.75. The molecule has 1 saturated heterocycles. The lowest BCUT2D eigenvalue weighted by Gasteiger charge is -2.47. The number of aromatic nitrogens is 2. The van der Waals surface area contributed by atoms with Gasteiger partial charge in [0.1, 0.15) is 5.60 Å². The quantitative estimate of drug-likeness (QED) is 0.176. The summed E-state index contributed by atoms with van der Waals surface area (Å²) in [6, 6.07) is 0.